The van der Waals surface area contributed by atoms with E-state index in [1.54, 1.807) is 11.3 Å². The number of anilines is 1. The molecule has 2 aromatic heterocycles. The Kier molecular flexibility index (Phi) is 5.80. The van der Waals surface area contributed by atoms with E-state index in [0.29, 0.717) is 6.42 Å². The average molecular weight is 433 g/mol. The van der Waals surface area contributed by atoms with Crippen LogP contribution in [0.4, 0.5) is 5.69 Å². The molecule has 0 spiro atoms. The van der Waals surface area contributed by atoms with Crippen molar-refractivity contribution in [3.05, 3.63) is 77.4 Å². The van der Waals surface area contributed by atoms with Crippen LogP contribution in [0.3, 0.4) is 0 Å². The minimum Gasteiger partial charge on any atom is -0.379 e. The number of imidazole rings is 1. The Bertz CT molecular complexity index is 1180. The maximum absolute atomic E-state index is 12.7. The maximum atomic E-state index is 12.7. The summed E-state index contributed by atoms with van der Waals surface area (Å²) in [5, 5.41) is 5.06. The Morgan fingerprint density at radius 1 is 1.10 bits per heavy atom. The zero-order chi connectivity index (χ0) is 21.0. The van der Waals surface area contributed by atoms with Gasteiger partial charge in [0.05, 0.1) is 25.3 Å². The Labute approximate surface area is 185 Å². The number of morpholine rings is 1. The summed E-state index contributed by atoms with van der Waals surface area (Å²) in [5.41, 5.74) is 4.96. The lowest BCUT2D eigenvalue weighted by atomic mass is 10.1. The van der Waals surface area contributed by atoms with Crippen molar-refractivity contribution in [1.29, 1.82) is 0 Å². The number of carbonyl (C=O) groups excluding carboxylic acids is 1. The fourth-order valence-corrected chi connectivity index (χ4v) is 4.71. The first-order chi connectivity index (χ1) is 15.2. The molecular formula is C24H24N4O2S. The van der Waals surface area contributed by atoms with E-state index >= 15 is 0 Å². The van der Waals surface area contributed by atoms with E-state index in [0.717, 1.165) is 60.4 Å². The van der Waals surface area contributed by atoms with E-state index in [-0.39, 0.29) is 5.91 Å². The van der Waals surface area contributed by atoms with Gasteiger partial charge >= 0.3 is 0 Å². The Morgan fingerprint density at radius 2 is 1.94 bits per heavy atom. The molecule has 0 atom stereocenters. The molecule has 3 heterocycles. The van der Waals surface area contributed by atoms with Crippen LogP contribution in [0.25, 0.3) is 16.2 Å². The maximum Gasteiger partial charge on any atom is 0.230 e. The number of fused-ring (bicyclic) bond motifs is 1. The van der Waals surface area contributed by atoms with Gasteiger partial charge in [0, 0.05) is 48.2 Å². The van der Waals surface area contributed by atoms with Crippen LogP contribution in [0.5, 0.6) is 0 Å². The topological polar surface area (TPSA) is 58.9 Å². The number of hydrogen-bond donors (Lipinski definition) is 1. The van der Waals surface area contributed by atoms with Crippen LogP contribution >= 0.6 is 11.3 Å². The number of benzene rings is 2. The van der Waals surface area contributed by atoms with Gasteiger partial charge in [-0.05, 0) is 17.7 Å². The Morgan fingerprint density at radius 3 is 2.77 bits per heavy atom. The van der Waals surface area contributed by atoms with E-state index < -0.39 is 0 Å². The van der Waals surface area contributed by atoms with Gasteiger partial charge in [0.1, 0.15) is 0 Å². The third-order valence-corrected chi connectivity index (χ3v) is 6.30. The standard InChI is InChI=1S/C24H24N4O2S/c29-23(25-20-8-4-5-18(13-20)15-27-9-11-30-12-10-27)14-21-17-31-24-26-22(16-28(21)24)19-6-2-1-3-7-19/h1-8,13,16-17H,9-12,14-15H2,(H,25,29). The van der Waals surface area contributed by atoms with Gasteiger partial charge in [-0.2, -0.15) is 0 Å². The average Bonchev–Trinajstić information content (AvgIpc) is 3.37. The zero-order valence-corrected chi connectivity index (χ0v) is 18.0. The van der Waals surface area contributed by atoms with E-state index in [1.165, 1.54) is 5.56 Å². The fourth-order valence-electron chi connectivity index (χ4n) is 3.84. The summed E-state index contributed by atoms with van der Waals surface area (Å²) in [6, 6.07) is 18.2. The molecule has 1 aliphatic rings. The molecule has 1 aliphatic heterocycles. The lowest BCUT2D eigenvalue weighted by Gasteiger charge is -2.26. The molecule has 1 N–H and O–H groups in total. The number of hydrogen-bond acceptors (Lipinski definition) is 5. The number of nitrogens with zero attached hydrogens (tertiary/aromatic N) is 3. The first-order valence-corrected chi connectivity index (χ1v) is 11.3. The van der Waals surface area contributed by atoms with Crippen molar-refractivity contribution in [2.24, 2.45) is 0 Å². The number of carbonyl (C=O) groups is 1. The lowest BCUT2D eigenvalue weighted by Crippen LogP contribution is -2.35. The second-order valence-electron chi connectivity index (χ2n) is 7.69. The second-order valence-corrected chi connectivity index (χ2v) is 8.52. The fraction of sp³-hybridized carbons (Fsp3) is 0.250. The van der Waals surface area contributed by atoms with Crippen LogP contribution in [-0.4, -0.2) is 46.5 Å². The van der Waals surface area contributed by atoms with Crippen LogP contribution in [-0.2, 0) is 22.5 Å². The molecule has 7 heteroatoms. The third-order valence-electron chi connectivity index (χ3n) is 5.42. The van der Waals surface area contributed by atoms with Crippen molar-refractivity contribution in [3.63, 3.8) is 0 Å². The Balaban J connectivity index is 1.26. The summed E-state index contributed by atoms with van der Waals surface area (Å²) in [6.45, 7) is 4.33. The molecule has 6 nitrogen and oxygen atoms in total. The zero-order valence-electron chi connectivity index (χ0n) is 17.2. The number of amides is 1. The summed E-state index contributed by atoms with van der Waals surface area (Å²) < 4.78 is 7.43. The van der Waals surface area contributed by atoms with E-state index in [2.05, 4.69) is 22.3 Å². The molecule has 4 aromatic rings. The molecule has 0 aliphatic carbocycles. The highest BCUT2D eigenvalue weighted by atomic mass is 32.1. The van der Waals surface area contributed by atoms with Crippen LogP contribution in [0, 0.1) is 0 Å². The molecule has 0 saturated carbocycles. The van der Waals surface area contributed by atoms with Crippen molar-refractivity contribution in [1.82, 2.24) is 14.3 Å². The summed E-state index contributed by atoms with van der Waals surface area (Å²) in [7, 11) is 0. The molecule has 5 rings (SSSR count). The number of aromatic nitrogens is 2. The number of ether oxygens (including phenoxy) is 1. The second kappa shape index (κ2) is 9.01. The molecule has 0 radical (unpaired) electrons. The van der Waals surface area contributed by atoms with Crippen molar-refractivity contribution in [3.8, 4) is 11.3 Å². The van der Waals surface area contributed by atoms with E-state index in [4.69, 9.17) is 9.72 Å². The largest absolute Gasteiger partial charge is 0.379 e. The molecular weight excluding hydrogens is 408 g/mol. The third kappa shape index (κ3) is 4.69. The Hall–Kier alpha value is -3.00. The van der Waals surface area contributed by atoms with Gasteiger partial charge in [0.15, 0.2) is 4.96 Å². The minimum absolute atomic E-state index is 0.0295. The molecule has 0 unspecified atom stereocenters. The summed E-state index contributed by atoms with van der Waals surface area (Å²) in [4.78, 5) is 20.7. The van der Waals surface area contributed by atoms with Gasteiger partial charge in [-0.25, -0.2) is 4.98 Å². The predicted molar refractivity (Wildman–Crippen MR) is 123 cm³/mol. The summed E-state index contributed by atoms with van der Waals surface area (Å²) >= 11 is 1.56. The monoisotopic (exact) mass is 432 g/mol. The van der Waals surface area contributed by atoms with Crippen molar-refractivity contribution in [2.75, 3.05) is 31.6 Å². The highest BCUT2D eigenvalue weighted by molar-refractivity contribution is 7.15. The number of nitrogens with one attached hydrogen (secondary N) is 1. The minimum atomic E-state index is -0.0295. The van der Waals surface area contributed by atoms with Gasteiger partial charge in [0.25, 0.3) is 0 Å². The normalized spacial score (nSPS) is 14.7. The van der Waals surface area contributed by atoms with Crippen LogP contribution in [0.15, 0.2) is 66.2 Å². The van der Waals surface area contributed by atoms with Crippen molar-refractivity contribution in [2.45, 2.75) is 13.0 Å². The first kappa shape index (κ1) is 19.9. The first-order valence-electron chi connectivity index (χ1n) is 10.4. The molecule has 1 saturated heterocycles. The van der Waals surface area contributed by atoms with Gasteiger partial charge in [-0.3, -0.25) is 14.1 Å². The number of thiazole rings is 1. The molecule has 31 heavy (non-hydrogen) atoms. The van der Waals surface area contributed by atoms with Crippen molar-refractivity contribution >= 4 is 27.9 Å². The molecule has 1 amide bonds. The van der Waals surface area contributed by atoms with Crippen LogP contribution in [0.1, 0.15) is 11.3 Å². The van der Waals surface area contributed by atoms with Gasteiger partial charge < -0.3 is 10.1 Å². The smallest absolute Gasteiger partial charge is 0.230 e. The highest BCUT2D eigenvalue weighted by Crippen LogP contribution is 2.24. The van der Waals surface area contributed by atoms with Crippen LogP contribution in [0.2, 0.25) is 0 Å². The number of rotatable bonds is 6. The predicted octanol–water partition coefficient (Wildman–Crippen LogP) is 4.08. The summed E-state index contributed by atoms with van der Waals surface area (Å²) in [5.74, 6) is -0.0295. The van der Waals surface area contributed by atoms with Gasteiger partial charge in [-0.15, -0.1) is 11.3 Å². The highest BCUT2D eigenvalue weighted by Gasteiger charge is 2.14. The summed E-state index contributed by atoms with van der Waals surface area (Å²) in [6.07, 6.45) is 2.31. The molecule has 1 fully saturated rings. The molecule has 0 bridgehead atoms. The van der Waals surface area contributed by atoms with E-state index in [1.807, 2.05) is 58.4 Å². The van der Waals surface area contributed by atoms with Crippen LogP contribution < -0.4 is 5.32 Å². The molecule has 2 aromatic carbocycles. The van der Waals surface area contributed by atoms with Crippen molar-refractivity contribution < 1.29 is 9.53 Å². The van der Waals surface area contributed by atoms with Gasteiger partial charge in [-0.1, -0.05) is 42.5 Å². The SMILES string of the molecule is O=C(Cc1csc2nc(-c3ccccc3)cn12)Nc1cccc(CN2CCOCC2)c1. The quantitative estimate of drug-likeness (QED) is 0.499. The van der Waals surface area contributed by atoms with Gasteiger partial charge in [0.2, 0.25) is 5.91 Å². The molecule has 158 valence electrons. The van der Waals surface area contributed by atoms with E-state index in [9.17, 15) is 4.79 Å². The lowest BCUT2D eigenvalue weighted by molar-refractivity contribution is -0.115.